The van der Waals surface area contributed by atoms with E-state index in [1.54, 1.807) is 4.90 Å². The van der Waals surface area contributed by atoms with Crippen LogP contribution >= 0.6 is 0 Å². The van der Waals surface area contributed by atoms with Gasteiger partial charge >= 0.3 is 6.18 Å². The van der Waals surface area contributed by atoms with Crippen LogP contribution in [0.25, 0.3) is 10.9 Å². The summed E-state index contributed by atoms with van der Waals surface area (Å²) in [7, 11) is 0. The van der Waals surface area contributed by atoms with Gasteiger partial charge < -0.3 is 20.1 Å². The number of hydrogen-bond acceptors (Lipinski definition) is 5. The van der Waals surface area contributed by atoms with Crippen LogP contribution in [0.1, 0.15) is 64.5 Å². The first-order chi connectivity index (χ1) is 16.6. The Hall–Kier alpha value is -3.40. The second-order valence-corrected chi connectivity index (χ2v) is 9.21. The third kappa shape index (κ3) is 3.50. The number of halogens is 4. The van der Waals surface area contributed by atoms with Crippen molar-refractivity contribution < 1.29 is 31.8 Å². The quantitative estimate of drug-likeness (QED) is 0.507. The lowest BCUT2D eigenvalue weighted by atomic mass is 9.98. The molecule has 6 nitrogen and oxygen atoms in total. The van der Waals surface area contributed by atoms with Gasteiger partial charge in [-0.3, -0.25) is 4.79 Å². The van der Waals surface area contributed by atoms with Crippen LogP contribution in [0.3, 0.4) is 0 Å². The first-order valence-electron chi connectivity index (χ1n) is 11.3. The number of anilines is 1. The van der Waals surface area contributed by atoms with Crippen LogP contribution in [0.4, 0.5) is 23.4 Å². The van der Waals surface area contributed by atoms with Gasteiger partial charge in [0.1, 0.15) is 24.0 Å². The van der Waals surface area contributed by atoms with E-state index in [0.29, 0.717) is 16.5 Å². The molecule has 3 heterocycles. The zero-order chi connectivity index (χ0) is 24.6. The summed E-state index contributed by atoms with van der Waals surface area (Å²) in [6, 6.07) is 5.20. The highest BCUT2D eigenvalue weighted by atomic mass is 19.4. The molecule has 1 fully saturated rings. The van der Waals surface area contributed by atoms with Crippen LogP contribution in [0.15, 0.2) is 30.3 Å². The van der Waals surface area contributed by atoms with Gasteiger partial charge in [0, 0.05) is 28.6 Å². The summed E-state index contributed by atoms with van der Waals surface area (Å²) in [5.41, 5.74) is 7.45. The molecule has 2 N–H and O–H groups in total. The lowest BCUT2D eigenvalue weighted by Gasteiger charge is -2.29. The van der Waals surface area contributed by atoms with Crippen molar-refractivity contribution in [3.8, 4) is 5.75 Å². The minimum atomic E-state index is -4.50. The number of pyridine rings is 1. The molecule has 3 aliphatic rings. The molecule has 0 saturated heterocycles. The predicted octanol–water partition coefficient (Wildman–Crippen LogP) is 5.30. The van der Waals surface area contributed by atoms with Crippen molar-refractivity contribution >= 4 is 22.6 Å². The maximum Gasteiger partial charge on any atom is 0.416 e. The number of fused-ring (bicyclic) bond motifs is 4. The number of hydrogen-bond donors (Lipinski definition) is 1. The molecule has 1 amide bonds. The van der Waals surface area contributed by atoms with Gasteiger partial charge in [-0.15, -0.1) is 0 Å². The Balaban J connectivity index is 1.41. The van der Waals surface area contributed by atoms with E-state index < -0.39 is 29.5 Å². The number of amides is 1. The molecule has 0 unspecified atom stereocenters. The van der Waals surface area contributed by atoms with E-state index in [4.69, 9.17) is 15.2 Å². The molecule has 6 rings (SSSR count). The number of benzene rings is 2. The van der Waals surface area contributed by atoms with Crippen LogP contribution in [0.2, 0.25) is 0 Å². The Labute approximate surface area is 197 Å². The molecule has 1 saturated carbocycles. The molecule has 2 aliphatic heterocycles. The van der Waals surface area contributed by atoms with E-state index in [-0.39, 0.29) is 42.5 Å². The van der Waals surface area contributed by atoms with Gasteiger partial charge in [-0.05, 0) is 43.5 Å². The average molecular weight is 487 g/mol. The topological polar surface area (TPSA) is 77.7 Å². The lowest BCUT2D eigenvalue weighted by molar-refractivity contribution is -0.137. The van der Waals surface area contributed by atoms with Crippen molar-refractivity contribution in [1.82, 2.24) is 9.88 Å². The summed E-state index contributed by atoms with van der Waals surface area (Å²) in [5.74, 6) is -0.913. The molecule has 0 radical (unpaired) electrons. The molecule has 3 aromatic rings. The number of nitrogens with zero attached hydrogens (tertiary/aromatic N) is 2. The van der Waals surface area contributed by atoms with Gasteiger partial charge in [0.15, 0.2) is 0 Å². The first kappa shape index (κ1) is 22.1. The summed E-state index contributed by atoms with van der Waals surface area (Å²) >= 11 is 0. The largest absolute Gasteiger partial charge is 0.491 e. The Morgan fingerprint density at radius 3 is 2.69 bits per heavy atom. The summed E-state index contributed by atoms with van der Waals surface area (Å²) in [4.78, 5) is 19.6. The number of nitrogen functional groups attached to an aromatic ring is 1. The van der Waals surface area contributed by atoms with Gasteiger partial charge in [0.25, 0.3) is 5.91 Å². The number of carbonyl (C=O) groups excluding carboxylic acids is 1. The van der Waals surface area contributed by atoms with Gasteiger partial charge in [0.2, 0.25) is 0 Å². The van der Waals surface area contributed by atoms with Gasteiger partial charge in [-0.2, -0.15) is 13.2 Å². The highest BCUT2D eigenvalue weighted by Crippen LogP contribution is 2.45. The van der Waals surface area contributed by atoms with Gasteiger partial charge in [-0.25, -0.2) is 9.37 Å². The smallest absolute Gasteiger partial charge is 0.416 e. The fourth-order valence-electron chi connectivity index (χ4n) is 5.10. The van der Waals surface area contributed by atoms with E-state index in [1.807, 2.05) is 6.92 Å². The Bertz CT molecular complexity index is 1390. The van der Waals surface area contributed by atoms with Crippen LogP contribution < -0.4 is 10.5 Å². The number of nitrogens with two attached hydrogens (primary N) is 1. The summed E-state index contributed by atoms with van der Waals surface area (Å²) in [6.45, 7) is 2.13. The van der Waals surface area contributed by atoms with E-state index in [0.717, 1.165) is 36.1 Å². The number of aromatic nitrogens is 1. The molecule has 1 aliphatic carbocycles. The molecular weight excluding hydrogens is 466 g/mol. The van der Waals surface area contributed by atoms with E-state index in [2.05, 4.69) is 4.98 Å². The third-order valence-electron chi connectivity index (χ3n) is 6.97. The van der Waals surface area contributed by atoms with E-state index in [1.165, 1.54) is 18.2 Å². The van der Waals surface area contributed by atoms with Crippen LogP contribution in [-0.2, 0) is 17.5 Å². The Morgan fingerprint density at radius 1 is 1.20 bits per heavy atom. The summed E-state index contributed by atoms with van der Waals surface area (Å²) in [5, 5.41) is 0.594. The summed E-state index contributed by atoms with van der Waals surface area (Å²) < 4.78 is 65.9. The molecule has 35 heavy (non-hydrogen) atoms. The van der Waals surface area contributed by atoms with Crippen molar-refractivity contribution in [3.63, 3.8) is 0 Å². The molecule has 2 atom stereocenters. The minimum absolute atomic E-state index is 0.00687. The zero-order valence-electron chi connectivity index (χ0n) is 18.7. The van der Waals surface area contributed by atoms with Gasteiger partial charge in [-0.1, -0.05) is 6.07 Å². The van der Waals surface area contributed by atoms with E-state index >= 15 is 4.39 Å². The lowest BCUT2D eigenvalue weighted by Crippen LogP contribution is -2.38. The van der Waals surface area contributed by atoms with Crippen molar-refractivity contribution in [2.45, 2.75) is 50.7 Å². The number of ether oxygens (including phenoxy) is 2. The highest BCUT2D eigenvalue weighted by Gasteiger charge is 2.43. The predicted molar refractivity (Wildman–Crippen MR) is 118 cm³/mol. The maximum absolute atomic E-state index is 15.2. The molecule has 0 bridgehead atoms. The van der Waals surface area contributed by atoms with E-state index in [9.17, 15) is 18.0 Å². The fourth-order valence-corrected chi connectivity index (χ4v) is 5.10. The van der Waals surface area contributed by atoms with Crippen LogP contribution in [-0.4, -0.2) is 28.4 Å². The van der Waals surface area contributed by atoms with Crippen molar-refractivity contribution in [1.29, 1.82) is 0 Å². The Kier molecular flexibility index (Phi) is 4.76. The minimum Gasteiger partial charge on any atom is -0.491 e. The second kappa shape index (κ2) is 7.55. The molecule has 0 spiro atoms. The second-order valence-electron chi connectivity index (χ2n) is 9.21. The standard InChI is InChI=1S/C25H21F4N3O3/c1-11-22-17(9-34-11)15-7-16(18(26)8-19(15)31-23(22)30)24(33)32(13-3-4-13)20-10-35-21-6-12(25(27,28)29)2-5-14(20)21/h2,5-8,11,13,20H,3-4,9-10H2,1H3,(H2,30,31)/t11-,20-/m1/s1. The van der Waals surface area contributed by atoms with Crippen molar-refractivity contribution in [2.24, 2.45) is 0 Å². The highest BCUT2D eigenvalue weighted by molar-refractivity contribution is 6.00. The average Bonchev–Trinajstić information content (AvgIpc) is 3.42. The molecule has 182 valence electrons. The fraction of sp³-hybridized carbons (Fsp3) is 0.360. The summed E-state index contributed by atoms with van der Waals surface area (Å²) in [6.07, 6.45) is -3.31. The first-order valence-corrected chi connectivity index (χ1v) is 11.3. The third-order valence-corrected chi connectivity index (χ3v) is 6.97. The van der Waals surface area contributed by atoms with Crippen LogP contribution in [0.5, 0.6) is 5.75 Å². The van der Waals surface area contributed by atoms with Crippen molar-refractivity contribution in [3.05, 3.63) is 64.0 Å². The SMILES string of the molecule is C[C@H]1OCc2c1c(N)nc1cc(F)c(C(=O)N(C3CC3)[C@@H]3COc4cc(C(F)(F)F)ccc43)cc21. The Morgan fingerprint density at radius 2 is 1.97 bits per heavy atom. The number of alkyl halides is 3. The molecular formula is C25H21F4N3O3. The molecule has 2 aromatic carbocycles. The monoisotopic (exact) mass is 487 g/mol. The normalized spacial score (nSPS) is 21.1. The zero-order valence-corrected chi connectivity index (χ0v) is 18.7. The number of carbonyl (C=O) groups is 1. The maximum atomic E-state index is 15.2. The molecule has 10 heteroatoms. The van der Waals surface area contributed by atoms with Crippen LogP contribution in [0, 0.1) is 5.82 Å². The van der Waals surface area contributed by atoms with Crippen molar-refractivity contribution in [2.75, 3.05) is 12.3 Å². The number of rotatable bonds is 3. The molecule has 1 aromatic heterocycles. The van der Waals surface area contributed by atoms with Gasteiger partial charge in [0.05, 0.1) is 35.4 Å².